The van der Waals surface area contributed by atoms with Crippen molar-refractivity contribution in [2.24, 2.45) is 11.3 Å². The number of aliphatic carboxylic acids is 1. The van der Waals surface area contributed by atoms with Gasteiger partial charge in [0, 0.05) is 11.4 Å². The van der Waals surface area contributed by atoms with Crippen LogP contribution in [0.4, 0.5) is 0 Å². The van der Waals surface area contributed by atoms with Crippen molar-refractivity contribution in [2.45, 2.75) is 117 Å². The predicted molar refractivity (Wildman–Crippen MR) is 135 cm³/mol. The third-order valence-electron chi connectivity index (χ3n) is 6.53. The van der Waals surface area contributed by atoms with E-state index in [1.54, 1.807) is 0 Å². The third-order valence-corrected chi connectivity index (χ3v) is 6.53. The van der Waals surface area contributed by atoms with Gasteiger partial charge in [-0.25, -0.2) is 0 Å². The van der Waals surface area contributed by atoms with E-state index in [0.717, 1.165) is 19.3 Å². The van der Waals surface area contributed by atoms with E-state index in [0.29, 0.717) is 0 Å². The highest BCUT2D eigenvalue weighted by atomic mass is 35.5. The summed E-state index contributed by atoms with van der Waals surface area (Å²) in [4.78, 5) is 11.7. The Morgan fingerprint density at radius 2 is 1.19 bits per heavy atom. The van der Waals surface area contributed by atoms with Gasteiger partial charge in [-0.15, -0.1) is 0 Å². The summed E-state index contributed by atoms with van der Waals surface area (Å²) in [6.45, 7) is 5.93. The van der Waals surface area contributed by atoms with Crippen molar-refractivity contribution in [3.05, 3.63) is 35.9 Å². The van der Waals surface area contributed by atoms with E-state index in [-0.39, 0.29) is 30.6 Å². The van der Waals surface area contributed by atoms with Crippen LogP contribution < -0.4 is 29.8 Å². The maximum Gasteiger partial charge on any atom is 0.0473 e. The van der Waals surface area contributed by atoms with Gasteiger partial charge >= 0.3 is 0 Å². The van der Waals surface area contributed by atoms with Gasteiger partial charge in [0.05, 0.1) is 0 Å². The van der Waals surface area contributed by atoms with E-state index < -0.39 is 11.4 Å². The molecule has 0 amide bonds. The SMILES string of the molecule is CCCCCCCCCCCCCCCC(Cc1ccccc1)C(C)(C)C(=O)[O-].[Cl-].[NH4+].[NH4+]. The van der Waals surface area contributed by atoms with Crippen LogP contribution >= 0.6 is 0 Å². The molecule has 0 radical (unpaired) electrons. The molecular formula is C27H53ClN2O2. The summed E-state index contributed by atoms with van der Waals surface area (Å²) in [7, 11) is 0. The Hall–Kier alpha value is -1.10. The van der Waals surface area contributed by atoms with Crippen molar-refractivity contribution in [3.8, 4) is 0 Å². The summed E-state index contributed by atoms with van der Waals surface area (Å²) in [5.41, 5.74) is 0.439. The zero-order valence-electron chi connectivity index (χ0n) is 21.8. The van der Waals surface area contributed by atoms with Crippen LogP contribution in [-0.4, -0.2) is 5.97 Å². The highest BCUT2D eigenvalue weighted by Crippen LogP contribution is 2.33. The molecule has 1 rings (SSSR count). The molecule has 190 valence electrons. The lowest BCUT2D eigenvalue weighted by Gasteiger charge is -2.35. The molecule has 0 bridgehead atoms. The molecule has 1 unspecified atom stereocenters. The van der Waals surface area contributed by atoms with Gasteiger partial charge in [0.1, 0.15) is 0 Å². The van der Waals surface area contributed by atoms with Crippen molar-refractivity contribution in [1.82, 2.24) is 12.3 Å². The Morgan fingerprint density at radius 3 is 1.59 bits per heavy atom. The molecule has 0 heterocycles. The van der Waals surface area contributed by atoms with Crippen LogP contribution in [0, 0.1) is 11.3 Å². The van der Waals surface area contributed by atoms with Crippen LogP contribution in [0.2, 0.25) is 0 Å². The fourth-order valence-corrected chi connectivity index (χ4v) is 4.19. The number of hydrogen-bond acceptors (Lipinski definition) is 2. The average Bonchev–Trinajstić information content (AvgIpc) is 2.71. The number of carboxylic acids is 1. The minimum Gasteiger partial charge on any atom is -1.00 e. The quantitative estimate of drug-likeness (QED) is 0.297. The van der Waals surface area contributed by atoms with Crippen molar-refractivity contribution in [3.63, 3.8) is 0 Å². The van der Waals surface area contributed by atoms with E-state index >= 15 is 0 Å². The third kappa shape index (κ3) is 15.7. The molecular weight excluding hydrogens is 420 g/mol. The van der Waals surface area contributed by atoms with E-state index in [1.807, 2.05) is 32.0 Å². The molecule has 1 aromatic rings. The van der Waals surface area contributed by atoms with E-state index in [1.165, 1.54) is 82.6 Å². The Labute approximate surface area is 204 Å². The van der Waals surface area contributed by atoms with Crippen molar-refractivity contribution in [1.29, 1.82) is 0 Å². The van der Waals surface area contributed by atoms with E-state index in [4.69, 9.17) is 0 Å². The van der Waals surface area contributed by atoms with Crippen LogP contribution in [0.1, 0.15) is 116 Å². The average molecular weight is 473 g/mol. The first kappa shape index (κ1) is 35.5. The first-order chi connectivity index (χ1) is 14.0. The summed E-state index contributed by atoms with van der Waals surface area (Å²) < 4.78 is 0. The van der Waals surface area contributed by atoms with E-state index in [2.05, 4.69) is 19.1 Å². The Morgan fingerprint density at radius 1 is 0.781 bits per heavy atom. The minimum atomic E-state index is -0.923. The van der Waals surface area contributed by atoms with Crippen LogP contribution in [0.15, 0.2) is 30.3 Å². The summed E-state index contributed by atoms with van der Waals surface area (Å²) >= 11 is 0. The number of quaternary nitrogens is 2. The van der Waals surface area contributed by atoms with Crippen LogP contribution in [0.25, 0.3) is 0 Å². The number of carbonyl (C=O) groups is 1. The lowest BCUT2D eigenvalue weighted by Crippen LogP contribution is -3.00. The van der Waals surface area contributed by atoms with Gasteiger partial charge in [0.2, 0.25) is 0 Å². The summed E-state index contributed by atoms with van der Waals surface area (Å²) in [5.74, 6) is -0.796. The molecule has 0 aliphatic carbocycles. The number of halogens is 1. The number of carboxylic acid groups (broad SMARTS) is 1. The Balaban J connectivity index is -0.00000280. The molecule has 0 aromatic heterocycles. The molecule has 0 fully saturated rings. The topological polar surface area (TPSA) is 113 Å². The number of carbonyl (C=O) groups excluding carboxylic acids is 1. The second-order valence-electron chi connectivity index (χ2n) is 9.43. The highest BCUT2D eigenvalue weighted by Gasteiger charge is 2.30. The monoisotopic (exact) mass is 472 g/mol. The Kier molecular flexibility index (Phi) is 24.1. The molecule has 0 saturated heterocycles. The lowest BCUT2D eigenvalue weighted by molar-refractivity contribution is -0.320. The Bertz CT molecular complexity index is 538. The molecule has 1 aromatic carbocycles. The largest absolute Gasteiger partial charge is 1.00 e. The van der Waals surface area contributed by atoms with Gasteiger partial charge in [0.15, 0.2) is 0 Å². The molecule has 1 atom stereocenters. The highest BCUT2D eigenvalue weighted by molar-refractivity contribution is 5.71. The smallest absolute Gasteiger partial charge is 0.0473 e. The number of unbranched alkanes of at least 4 members (excludes halogenated alkanes) is 12. The zero-order chi connectivity index (χ0) is 21.4. The van der Waals surface area contributed by atoms with Crippen molar-refractivity contribution < 1.29 is 22.3 Å². The van der Waals surface area contributed by atoms with Crippen molar-refractivity contribution in [2.75, 3.05) is 0 Å². The van der Waals surface area contributed by atoms with Gasteiger partial charge < -0.3 is 34.6 Å². The fourth-order valence-electron chi connectivity index (χ4n) is 4.19. The maximum atomic E-state index is 11.7. The van der Waals surface area contributed by atoms with Crippen LogP contribution in [0.3, 0.4) is 0 Å². The molecule has 32 heavy (non-hydrogen) atoms. The van der Waals surface area contributed by atoms with E-state index in [9.17, 15) is 9.90 Å². The first-order valence-corrected chi connectivity index (χ1v) is 12.2. The lowest BCUT2D eigenvalue weighted by atomic mass is 9.73. The standard InChI is InChI=1S/C27H46O2.ClH.2H3N/c1-4-5-6-7-8-9-10-11-12-13-14-15-19-22-25(27(2,3)26(28)29)23-24-20-17-16-18-21-24;;;/h16-18,20-21,25H,4-15,19,22-23H2,1-3H3,(H,28,29);1H;2*1H3. The van der Waals surface area contributed by atoms with Gasteiger partial charge in [-0.1, -0.05) is 135 Å². The van der Waals surface area contributed by atoms with Gasteiger partial charge in [-0.05, 0) is 24.3 Å². The molecule has 8 N–H and O–H groups in total. The van der Waals surface area contributed by atoms with Crippen LogP contribution in [0.5, 0.6) is 0 Å². The van der Waals surface area contributed by atoms with Crippen LogP contribution in [-0.2, 0) is 11.2 Å². The zero-order valence-corrected chi connectivity index (χ0v) is 22.5. The fraction of sp³-hybridized carbons (Fsp3) is 0.741. The number of hydrogen-bond donors (Lipinski definition) is 2. The molecule has 5 heteroatoms. The second-order valence-corrected chi connectivity index (χ2v) is 9.43. The minimum absolute atomic E-state index is 0. The number of rotatable bonds is 18. The summed E-state index contributed by atoms with van der Waals surface area (Å²) in [6, 6.07) is 10.3. The molecule has 0 saturated carbocycles. The van der Waals surface area contributed by atoms with Gasteiger partial charge in [-0.3, -0.25) is 0 Å². The number of benzene rings is 1. The van der Waals surface area contributed by atoms with Crippen molar-refractivity contribution >= 4 is 5.97 Å². The predicted octanol–water partition coefficient (Wildman–Crippen LogP) is 4.86. The molecule has 0 aliphatic heterocycles. The second kappa shape index (κ2) is 21.7. The molecule has 0 spiro atoms. The van der Waals surface area contributed by atoms with Gasteiger partial charge in [0.25, 0.3) is 0 Å². The normalized spacial score (nSPS) is 11.6. The summed E-state index contributed by atoms with van der Waals surface area (Å²) in [6.07, 6.45) is 19.2. The van der Waals surface area contributed by atoms with Gasteiger partial charge in [-0.2, -0.15) is 0 Å². The molecule has 0 aliphatic rings. The summed E-state index contributed by atoms with van der Waals surface area (Å²) in [5, 5.41) is 11.7. The first-order valence-electron chi connectivity index (χ1n) is 12.2. The maximum absolute atomic E-state index is 11.7. The molecule has 4 nitrogen and oxygen atoms in total.